The van der Waals surface area contributed by atoms with Gasteiger partial charge in [-0.1, -0.05) is 11.8 Å². The lowest BCUT2D eigenvalue weighted by Crippen LogP contribution is -2.29. The number of carbonyl (C=O) groups excluding carboxylic acids is 1. The van der Waals surface area contributed by atoms with Crippen molar-refractivity contribution in [1.82, 2.24) is 5.32 Å². The average Bonchev–Trinajstić information content (AvgIpc) is 2.98. The highest BCUT2D eigenvalue weighted by Gasteiger charge is 2.16. The van der Waals surface area contributed by atoms with Crippen LogP contribution in [0.2, 0.25) is 0 Å². The van der Waals surface area contributed by atoms with Gasteiger partial charge >= 0.3 is 0 Å². The third kappa shape index (κ3) is 5.11. The fourth-order valence-corrected chi connectivity index (χ4v) is 3.57. The largest absolute Gasteiger partial charge is 0.395 e. The van der Waals surface area contributed by atoms with Crippen molar-refractivity contribution in [3.63, 3.8) is 0 Å². The van der Waals surface area contributed by atoms with E-state index in [-0.39, 0.29) is 12.5 Å². The zero-order valence-corrected chi connectivity index (χ0v) is 13.1. The molecule has 0 aliphatic carbocycles. The molecule has 21 heavy (non-hydrogen) atoms. The first-order valence-corrected chi connectivity index (χ1v) is 8.42. The van der Waals surface area contributed by atoms with Crippen LogP contribution in [0.4, 0.5) is 0 Å². The Labute approximate surface area is 130 Å². The van der Waals surface area contributed by atoms with Gasteiger partial charge in [0.05, 0.1) is 6.61 Å². The van der Waals surface area contributed by atoms with Crippen molar-refractivity contribution in [3.8, 4) is 11.8 Å². The molecule has 1 atom stereocenters. The summed E-state index contributed by atoms with van der Waals surface area (Å²) in [6.07, 6.45) is 1.64. The standard InChI is InChI=1S/C17H21NO2S/c1-13-8-14(4-2-3-6-19)10-16(9-13)17(20)18-11-15-5-7-21-12-15/h8-10,15,19H,3,5-7,11-12H2,1H3,(H,18,20). The van der Waals surface area contributed by atoms with E-state index in [1.54, 1.807) is 0 Å². The number of thioether (sulfide) groups is 1. The van der Waals surface area contributed by atoms with Crippen molar-refractivity contribution in [2.75, 3.05) is 24.7 Å². The van der Waals surface area contributed by atoms with E-state index in [0.29, 0.717) is 17.9 Å². The summed E-state index contributed by atoms with van der Waals surface area (Å²) in [7, 11) is 0. The maximum atomic E-state index is 12.2. The van der Waals surface area contributed by atoms with E-state index < -0.39 is 0 Å². The molecule has 1 aliphatic heterocycles. The Morgan fingerprint density at radius 2 is 2.33 bits per heavy atom. The SMILES string of the molecule is Cc1cc(C#CCCO)cc(C(=O)NCC2CCSC2)c1. The van der Waals surface area contributed by atoms with E-state index in [9.17, 15) is 4.79 Å². The summed E-state index contributed by atoms with van der Waals surface area (Å²) < 4.78 is 0. The van der Waals surface area contributed by atoms with Crippen molar-refractivity contribution in [2.45, 2.75) is 19.8 Å². The van der Waals surface area contributed by atoms with Gasteiger partial charge in [-0.2, -0.15) is 11.8 Å². The summed E-state index contributed by atoms with van der Waals surface area (Å²) in [6.45, 7) is 2.78. The van der Waals surface area contributed by atoms with Crippen molar-refractivity contribution >= 4 is 17.7 Å². The number of rotatable bonds is 4. The third-order valence-electron chi connectivity index (χ3n) is 3.38. The molecule has 1 unspecified atom stereocenters. The summed E-state index contributed by atoms with van der Waals surface area (Å²) >= 11 is 1.96. The molecule has 3 nitrogen and oxygen atoms in total. The molecule has 112 valence electrons. The summed E-state index contributed by atoms with van der Waals surface area (Å²) in [5.74, 6) is 8.80. The van der Waals surface area contributed by atoms with Crippen molar-refractivity contribution in [3.05, 3.63) is 34.9 Å². The van der Waals surface area contributed by atoms with Gasteiger partial charge in [0.25, 0.3) is 5.91 Å². The molecule has 0 spiro atoms. The van der Waals surface area contributed by atoms with Crippen LogP contribution in [0, 0.1) is 24.7 Å². The summed E-state index contributed by atoms with van der Waals surface area (Å²) in [5, 5.41) is 11.8. The predicted molar refractivity (Wildman–Crippen MR) is 87.5 cm³/mol. The number of aliphatic hydroxyl groups excluding tert-OH is 1. The molecule has 1 aromatic rings. The third-order valence-corrected chi connectivity index (χ3v) is 4.62. The number of benzene rings is 1. The highest BCUT2D eigenvalue weighted by atomic mass is 32.2. The Kier molecular flexibility index (Phi) is 6.16. The highest BCUT2D eigenvalue weighted by molar-refractivity contribution is 7.99. The predicted octanol–water partition coefficient (Wildman–Crippen LogP) is 2.21. The van der Waals surface area contributed by atoms with Crippen LogP contribution in [0.1, 0.15) is 34.3 Å². The molecule has 1 amide bonds. The van der Waals surface area contributed by atoms with Gasteiger partial charge in [0.2, 0.25) is 0 Å². The summed E-state index contributed by atoms with van der Waals surface area (Å²) in [6, 6.07) is 5.65. The fourth-order valence-electron chi connectivity index (χ4n) is 2.29. The van der Waals surface area contributed by atoms with Crippen LogP contribution in [0.5, 0.6) is 0 Å². The van der Waals surface area contributed by atoms with E-state index in [2.05, 4.69) is 17.2 Å². The van der Waals surface area contributed by atoms with Crippen LogP contribution in [-0.2, 0) is 0 Å². The quantitative estimate of drug-likeness (QED) is 0.839. The normalized spacial score (nSPS) is 17.1. The second-order valence-corrected chi connectivity index (χ2v) is 6.45. The van der Waals surface area contributed by atoms with Crippen molar-refractivity contribution < 1.29 is 9.90 Å². The second kappa shape index (κ2) is 8.11. The minimum Gasteiger partial charge on any atom is -0.395 e. The molecule has 1 fully saturated rings. The van der Waals surface area contributed by atoms with Crippen molar-refractivity contribution in [2.24, 2.45) is 5.92 Å². The van der Waals surface area contributed by atoms with Crippen LogP contribution in [-0.4, -0.2) is 35.7 Å². The fraction of sp³-hybridized carbons (Fsp3) is 0.471. The first-order valence-electron chi connectivity index (χ1n) is 7.26. The van der Waals surface area contributed by atoms with E-state index in [1.807, 2.05) is 36.9 Å². The first-order chi connectivity index (χ1) is 10.2. The lowest BCUT2D eigenvalue weighted by molar-refractivity contribution is 0.0948. The number of amides is 1. The highest BCUT2D eigenvalue weighted by Crippen LogP contribution is 2.22. The summed E-state index contributed by atoms with van der Waals surface area (Å²) in [5.41, 5.74) is 2.51. The zero-order valence-electron chi connectivity index (χ0n) is 12.3. The van der Waals surface area contributed by atoms with E-state index in [1.165, 1.54) is 12.2 Å². The molecule has 2 rings (SSSR count). The van der Waals surface area contributed by atoms with Gasteiger partial charge in [-0.3, -0.25) is 4.79 Å². The van der Waals surface area contributed by atoms with Gasteiger partial charge in [0, 0.05) is 24.1 Å². The minimum absolute atomic E-state index is 0.0270. The maximum Gasteiger partial charge on any atom is 0.251 e. The lowest BCUT2D eigenvalue weighted by Gasteiger charge is -2.10. The molecule has 1 aliphatic rings. The van der Waals surface area contributed by atoms with Gasteiger partial charge < -0.3 is 10.4 Å². The van der Waals surface area contributed by atoms with Crippen LogP contribution >= 0.6 is 11.8 Å². The van der Waals surface area contributed by atoms with Crippen molar-refractivity contribution in [1.29, 1.82) is 0 Å². The first kappa shape index (κ1) is 15.9. The van der Waals surface area contributed by atoms with Gasteiger partial charge in [-0.25, -0.2) is 0 Å². The molecular weight excluding hydrogens is 282 g/mol. The number of carbonyl (C=O) groups is 1. The Morgan fingerprint density at radius 3 is 3.05 bits per heavy atom. The Bertz CT molecular complexity index is 554. The van der Waals surface area contributed by atoms with E-state index in [4.69, 9.17) is 5.11 Å². The molecule has 1 aromatic carbocycles. The van der Waals surface area contributed by atoms with Gasteiger partial charge in [-0.05, 0) is 54.5 Å². The molecule has 0 aromatic heterocycles. The number of aliphatic hydroxyl groups is 1. The monoisotopic (exact) mass is 303 g/mol. The van der Waals surface area contributed by atoms with Crippen LogP contribution in [0.3, 0.4) is 0 Å². The lowest BCUT2D eigenvalue weighted by atomic mass is 10.1. The molecule has 4 heteroatoms. The van der Waals surface area contributed by atoms with Crippen LogP contribution in [0.25, 0.3) is 0 Å². The van der Waals surface area contributed by atoms with Gasteiger partial charge in [-0.15, -0.1) is 0 Å². The van der Waals surface area contributed by atoms with Gasteiger partial charge in [0.15, 0.2) is 0 Å². The Balaban J connectivity index is 2.00. The number of aryl methyl sites for hydroxylation is 1. The molecule has 0 bridgehead atoms. The molecule has 2 N–H and O–H groups in total. The minimum atomic E-state index is -0.0270. The average molecular weight is 303 g/mol. The Morgan fingerprint density at radius 1 is 1.48 bits per heavy atom. The molecule has 0 saturated carbocycles. The second-order valence-electron chi connectivity index (χ2n) is 5.30. The molecule has 1 heterocycles. The maximum absolute atomic E-state index is 12.2. The van der Waals surface area contributed by atoms with Crippen LogP contribution < -0.4 is 5.32 Å². The number of hydrogen-bond acceptors (Lipinski definition) is 3. The molecular formula is C17H21NO2S. The smallest absolute Gasteiger partial charge is 0.251 e. The molecule has 0 radical (unpaired) electrons. The van der Waals surface area contributed by atoms with Gasteiger partial charge in [0.1, 0.15) is 0 Å². The topological polar surface area (TPSA) is 49.3 Å². The molecule has 1 saturated heterocycles. The number of nitrogens with one attached hydrogen (secondary N) is 1. The van der Waals surface area contributed by atoms with E-state index >= 15 is 0 Å². The summed E-state index contributed by atoms with van der Waals surface area (Å²) in [4.78, 5) is 12.2. The Hall–Kier alpha value is -1.44. The number of hydrogen-bond donors (Lipinski definition) is 2. The van der Waals surface area contributed by atoms with Crippen LogP contribution in [0.15, 0.2) is 18.2 Å². The zero-order chi connectivity index (χ0) is 15.1. The van der Waals surface area contributed by atoms with E-state index in [0.717, 1.165) is 23.4 Å².